The standard InChI is InChI=1S/C29H27F5N2O7/c30-28(31,32)18-39-11-12-40-24-8-4-21(5-9-24)29(33,34)43-25-6-1-19(2-7-25)3-10-26(37)41-13-14-42-27(38)20-15-22(35)17-23(36)16-20/h1-10,15-17H,11-14,18,35-36H2/b10-3+. The average molecular weight is 611 g/mol. The van der Waals surface area contributed by atoms with Crippen molar-refractivity contribution in [3.63, 3.8) is 0 Å². The minimum absolute atomic E-state index is 0.157. The highest BCUT2D eigenvalue weighted by atomic mass is 19.4. The van der Waals surface area contributed by atoms with Crippen LogP contribution in [0.25, 0.3) is 6.08 Å². The number of benzene rings is 3. The Morgan fingerprint density at radius 2 is 1.35 bits per heavy atom. The summed E-state index contributed by atoms with van der Waals surface area (Å²) in [5, 5.41) is 0. The smallest absolute Gasteiger partial charge is 0.426 e. The summed E-state index contributed by atoms with van der Waals surface area (Å²) in [5.74, 6) is -1.40. The Balaban J connectivity index is 1.40. The van der Waals surface area contributed by atoms with E-state index in [4.69, 9.17) is 30.4 Å². The second kappa shape index (κ2) is 14.9. The fourth-order valence-corrected chi connectivity index (χ4v) is 3.37. The molecule has 4 N–H and O–H groups in total. The van der Waals surface area contributed by atoms with Crippen LogP contribution in [-0.2, 0) is 25.1 Å². The van der Waals surface area contributed by atoms with E-state index in [2.05, 4.69) is 4.74 Å². The van der Waals surface area contributed by atoms with Gasteiger partial charge in [0.15, 0.2) is 0 Å². The molecule has 0 amide bonds. The SMILES string of the molecule is Nc1cc(N)cc(C(=O)OCCOC(=O)/C=C/c2ccc(OC(F)(F)c3ccc(OCCOCC(F)(F)F)cc3)cc2)c1. The lowest BCUT2D eigenvalue weighted by atomic mass is 10.2. The van der Waals surface area contributed by atoms with Crippen LogP contribution in [0.3, 0.4) is 0 Å². The van der Waals surface area contributed by atoms with Crippen molar-refractivity contribution in [2.24, 2.45) is 0 Å². The van der Waals surface area contributed by atoms with Gasteiger partial charge in [0.1, 0.15) is 37.9 Å². The van der Waals surface area contributed by atoms with Crippen LogP contribution in [0.1, 0.15) is 21.5 Å². The maximum atomic E-state index is 14.6. The molecular formula is C29H27F5N2O7. The van der Waals surface area contributed by atoms with Gasteiger partial charge < -0.3 is 35.2 Å². The Hall–Kier alpha value is -4.85. The summed E-state index contributed by atoms with van der Waals surface area (Å²) in [6, 6.07) is 14.3. The van der Waals surface area contributed by atoms with Crippen molar-refractivity contribution in [3.05, 3.63) is 89.5 Å². The number of esters is 2. The third-order valence-electron chi connectivity index (χ3n) is 5.26. The zero-order valence-electron chi connectivity index (χ0n) is 22.4. The lowest BCUT2D eigenvalue weighted by Crippen LogP contribution is -2.21. The summed E-state index contributed by atoms with van der Waals surface area (Å²) < 4.78 is 89.7. The molecule has 0 atom stereocenters. The summed E-state index contributed by atoms with van der Waals surface area (Å²) in [4.78, 5) is 23.9. The number of alkyl halides is 5. The molecule has 0 spiro atoms. The van der Waals surface area contributed by atoms with Crippen LogP contribution in [0, 0.1) is 0 Å². The first-order valence-corrected chi connectivity index (χ1v) is 12.5. The Kier molecular flexibility index (Phi) is 11.3. The molecule has 0 aliphatic carbocycles. The minimum atomic E-state index is -4.45. The van der Waals surface area contributed by atoms with E-state index in [-0.39, 0.29) is 43.5 Å². The van der Waals surface area contributed by atoms with Crippen molar-refractivity contribution in [1.29, 1.82) is 0 Å². The third kappa shape index (κ3) is 11.5. The average Bonchev–Trinajstić information content (AvgIpc) is 2.93. The first-order chi connectivity index (χ1) is 20.3. The molecule has 0 saturated carbocycles. The normalized spacial score (nSPS) is 11.7. The van der Waals surface area contributed by atoms with E-state index < -0.39 is 36.4 Å². The van der Waals surface area contributed by atoms with E-state index in [1.807, 2.05) is 0 Å². The molecule has 3 aromatic rings. The molecule has 0 aromatic heterocycles. The molecule has 0 aliphatic rings. The zero-order chi connectivity index (χ0) is 31.5. The number of ether oxygens (including phenoxy) is 5. The number of hydrogen-bond acceptors (Lipinski definition) is 9. The molecule has 0 radical (unpaired) electrons. The van der Waals surface area contributed by atoms with Gasteiger partial charge in [0.05, 0.1) is 17.7 Å². The maximum Gasteiger partial charge on any atom is 0.426 e. The number of halogens is 5. The van der Waals surface area contributed by atoms with Gasteiger partial charge in [-0.25, -0.2) is 9.59 Å². The van der Waals surface area contributed by atoms with Crippen molar-refractivity contribution in [1.82, 2.24) is 0 Å². The molecule has 0 heterocycles. The van der Waals surface area contributed by atoms with E-state index >= 15 is 0 Å². The number of nitrogen functional groups attached to an aromatic ring is 2. The van der Waals surface area contributed by atoms with Gasteiger partial charge in [0.25, 0.3) is 0 Å². The molecule has 14 heteroatoms. The predicted octanol–water partition coefficient (Wildman–Crippen LogP) is 5.35. The van der Waals surface area contributed by atoms with Gasteiger partial charge in [-0.3, -0.25) is 0 Å². The van der Waals surface area contributed by atoms with Crippen molar-refractivity contribution in [2.45, 2.75) is 12.3 Å². The van der Waals surface area contributed by atoms with E-state index in [0.29, 0.717) is 16.9 Å². The zero-order valence-corrected chi connectivity index (χ0v) is 22.4. The Labute approximate surface area is 242 Å². The van der Waals surface area contributed by atoms with Gasteiger partial charge in [0.2, 0.25) is 0 Å². The topological polar surface area (TPSA) is 132 Å². The molecule has 3 rings (SSSR count). The van der Waals surface area contributed by atoms with E-state index in [1.165, 1.54) is 60.7 Å². The predicted molar refractivity (Wildman–Crippen MR) is 145 cm³/mol. The van der Waals surface area contributed by atoms with Crippen molar-refractivity contribution in [3.8, 4) is 11.5 Å². The van der Waals surface area contributed by atoms with Crippen LogP contribution in [0.15, 0.2) is 72.8 Å². The summed E-state index contributed by atoms with van der Waals surface area (Å²) >= 11 is 0. The highest BCUT2D eigenvalue weighted by molar-refractivity contribution is 5.91. The Bertz CT molecular complexity index is 1380. The third-order valence-corrected chi connectivity index (χ3v) is 5.26. The molecule has 0 unspecified atom stereocenters. The first-order valence-electron chi connectivity index (χ1n) is 12.5. The van der Waals surface area contributed by atoms with Gasteiger partial charge in [0, 0.05) is 17.5 Å². The fourth-order valence-electron chi connectivity index (χ4n) is 3.37. The lowest BCUT2D eigenvalue weighted by molar-refractivity contribution is -0.185. The molecular weight excluding hydrogens is 583 g/mol. The quantitative estimate of drug-likeness (QED) is 0.0815. The van der Waals surface area contributed by atoms with Crippen LogP contribution in [-0.4, -0.2) is 51.1 Å². The van der Waals surface area contributed by atoms with Crippen molar-refractivity contribution in [2.75, 3.05) is 44.5 Å². The summed E-state index contributed by atoms with van der Waals surface area (Å²) in [6.45, 7) is -2.35. The van der Waals surface area contributed by atoms with E-state index in [9.17, 15) is 31.5 Å². The number of anilines is 2. The second-order valence-electron chi connectivity index (χ2n) is 8.75. The van der Waals surface area contributed by atoms with Gasteiger partial charge >= 0.3 is 24.2 Å². The molecule has 230 valence electrons. The second-order valence-corrected chi connectivity index (χ2v) is 8.75. The molecule has 0 saturated heterocycles. The van der Waals surface area contributed by atoms with Crippen LogP contribution in [0.5, 0.6) is 11.5 Å². The monoisotopic (exact) mass is 610 g/mol. The van der Waals surface area contributed by atoms with Crippen LogP contribution < -0.4 is 20.9 Å². The Morgan fingerprint density at radius 1 is 0.744 bits per heavy atom. The number of nitrogens with two attached hydrogens (primary N) is 2. The number of carbonyl (C=O) groups is 2. The summed E-state index contributed by atoms with van der Waals surface area (Å²) in [5.41, 5.74) is 12.0. The lowest BCUT2D eigenvalue weighted by Gasteiger charge is -2.18. The molecule has 43 heavy (non-hydrogen) atoms. The molecule has 9 nitrogen and oxygen atoms in total. The number of rotatable bonds is 14. The first kappa shape index (κ1) is 32.7. The van der Waals surface area contributed by atoms with Crippen molar-refractivity contribution >= 4 is 29.4 Å². The summed E-state index contributed by atoms with van der Waals surface area (Å²) in [6.07, 6.45) is -5.66. The largest absolute Gasteiger partial charge is 0.491 e. The minimum Gasteiger partial charge on any atom is -0.491 e. The van der Waals surface area contributed by atoms with Gasteiger partial charge in [-0.1, -0.05) is 12.1 Å². The molecule has 0 aliphatic heterocycles. The van der Waals surface area contributed by atoms with Gasteiger partial charge in [-0.2, -0.15) is 22.0 Å². The van der Waals surface area contributed by atoms with Crippen molar-refractivity contribution < 1.29 is 55.2 Å². The maximum absolute atomic E-state index is 14.6. The van der Waals surface area contributed by atoms with Gasteiger partial charge in [-0.15, -0.1) is 0 Å². The van der Waals surface area contributed by atoms with E-state index in [1.54, 1.807) is 0 Å². The highest BCUT2D eigenvalue weighted by Gasteiger charge is 2.34. The summed E-state index contributed by atoms with van der Waals surface area (Å²) in [7, 11) is 0. The molecule has 3 aromatic carbocycles. The van der Waals surface area contributed by atoms with Crippen LogP contribution in [0.4, 0.5) is 33.3 Å². The number of carbonyl (C=O) groups excluding carboxylic acids is 2. The Morgan fingerprint density at radius 3 is 1.98 bits per heavy atom. The van der Waals surface area contributed by atoms with Gasteiger partial charge in [-0.05, 0) is 66.2 Å². The highest BCUT2D eigenvalue weighted by Crippen LogP contribution is 2.32. The fraction of sp³-hybridized carbons (Fsp3) is 0.241. The van der Waals surface area contributed by atoms with Crippen LogP contribution >= 0.6 is 0 Å². The van der Waals surface area contributed by atoms with Crippen LogP contribution in [0.2, 0.25) is 0 Å². The van der Waals surface area contributed by atoms with E-state index in [0.717, 1.165) is 18.2 Å². The molecule has 0 bridgehead atoms. The number of hydrogen-bond donors (Lipinski definition) is 2. The molecule has 0 fully saturated rings.